The van der Waals surface area contributed by atoms with Crippen LogP contribution in [0, 0.1) is 5.92 Å². The Morgan fingerprint density at radius 3 is 2.30 bits per heavy atom. The lowest BCUT2D eigenvalue weighted by molar-refractivity contribution is 0.555. The van der Waals surface area contributed by atoms with Crippen molar-refractivity contribution in [3.05, 3.63) is 24.3 Å². The van der Waals surface area contributed by atoms with Crippen LogP contribution >= 0.6 is 0 Å². The lowest BCUT2D eigenvalue weighted by Crippen LogP contribution is -1.88. The van der Waals surface area contributed by atoms with Crippen LogP contribution in [0.4, 0.5) is 0 Å². The molecule has 0 fully saturated rings. The first kappa shape index (κ1) is 19.5. The Hall–Kier alpha value is -0.520. The SMILES string of the molecule is C=CC(C)CCCCCCC=C(C)CCCCCCC. The van der Waals surface area contributed by atoms with Gasteiger partial charge in [0.05, 0.1) is 0 Å². The third-order valence-electron chi connectivity index (χ3n) is 4.18. The monoisotopic (exact) mass is 278 g/mol. The van der Waals surface area contributed by atoms with Crippen molar-refractivity contribution in [3.63, 3.8) is 0 Å². The van der Waals surface area contributed by atoms with E-state index in [9.17, 15) is 0 Å². The van der Waals surface area contributed by atoms with Crippen molar-refractivity contribution in [1.29, 1.82) is 0 Å². The molecule has 0 amide bonds. The smallest absolute Gasteiger partial charge is 0.0265 e. The van der Waals surface area contributed by atoms with Crippen LogP contribution in [-0.4, -0.2) is 0 Å². The highest BCUT2D eigenvalue weighted by atomic mass is 14.0. The molecule has 0 aliphatic heterocycles. The van der Waals surface area contributed by atoms with Gasteiger partial charge in [0.1, 0.15) is 0 Å². The predicted molar refractivity (Wildman–Crippen MR) is 94.2 cm³/mol. The summed E-state index contributed by atoms with van der Waals surface area (Å²) >= 11 is 0. The van der Waals surface area contributed by atoms with Crippen molar-refractivity contribution in [3.8, 4) is 0 Å². The van der Waals surface area contributed by atoms with Gasteiger partial charge in [0.15, 0.2) is 0 Å². The Balaban J connectivity index is 3.33. The van der Waals surface area contributed by atoms with Crippen molar-refractivity contribution >= 4 is 0 Å². The molecule has 118 valence electrons. The minimum Gasteiger partial charge on any atom is -0.103 e. The summed E-state index contributed by atoms with van der Waals surface area (Å²) in [7, 11) is 0. The van der Waals surface area contributed by atoms with Gasteiger partial charge in [0.2, 0.25) is 0 Å². The van der Waals surface area contributed by atoms with Crippen LogP contribution in [-0.2, 0) is 0 Å². The molecule has 0 aromatic carbocycles. The van der Waals surface area contributed by atoms with Crippen LogP contribution in [0.5, 0.6) is 0 Å². The van der Waals surface area contributed by atoms with Crippen molar-refractivity contribution in [1.82, 2.24) is 0 Å². The number of hydrogen-bond acceptors (Lipinski definition) is 0. The molecule has 1 unspecified atom stereocenters. The Bertz CT molecular complexity index is 236. The van der Waals surface area contributed by atoms with Gasteiger partial charge in [-0.15, -0.1) is 6.58 Å². The van der Waals surface area contributed by atoms with Crippen LogP contribution in [0.15, 0.2) is 24.3 Å². The highest BCUT2D eigenvalue weighted by molar-refractivity contribution is 4.97. The van der Waals surface area contributed by atoms with E-state index < -0.39 is 0 Å². The van der Waals surface area contributed by atoms with Crippen LogP contribution in [0.25, 0.3) is 0 Å². The van der Waals surface area contributed by atoms with Gasteiger partial charge in [-0.3, -0.25) is 0 Å². The van der Waals surface area contributed by atoms with Crippen LogP contribution in [0.3, 0.4) is 0 Å². The van der Waals surface area contributed by atoms with E-state index in [1.165, 1.54) is 77.0 Å². The highest BCUT2D eigenvalue weighted by Gasteiger charge is 1.96. The molecule has 0 bridgehead atoms. The first-order chi connectivity index (χ1) is 9.70. The van der Waals surface area contributed by atoms with Gasteiger partial charge in [0, 0.05) is 0 Å². The fourth-order valence-corrected chi connectivity index (χ4v) is 2.54. The fraction of sp³-hybridized carbons (Fsp3) is 0.800. The zero-order valence-corrected chi connectivity index (χ0v) is 14.4. The van der Waals surface area contributed by atoms with Crippen molar-refractivity contribution in [2.45, 2.75) is 97.8 Å². The van der Waals surface area contributed by atoms with Crippen molar-refractivity contribution in [2.75, 3.05) is 0 Å². The molecule has 0 aliphatic rings. The molecular weight excluding hydrogens is 240 g/mol. The molecule has 1 atom stereocenters. The molecule has 0 aromatic rings. The summed E-state index contributed by atoms with van der Waals surface area (Å²) in [4.78, 5) is 0. The summed E-state index contributed by atoms with van der Waals surface area (Å²) in [6, 6.07) is 0. The van der Waals surface area contributed by atoms with E-state index in [1.807, 2.05) is 0 Å². The molecule has 0 aliphatic carbocycles. The van der Waals surface area contributed by atoms with E-state index in [4.69, 9.17) is 0 Å². The maximum absolute atomic E-state index is 3.84. The Morgan fingerprint density at radius 2 is 1.60 bits per heavy atom. The molecule has 0 saturated heterocycles. The van der Waals surface area contributed by atoms with E-state index in [2.05, 4.69) is 39.5 Å². The summed E-state index contributed by atoms with van der Waals surface area (Å²) < 4.78 is 0. The number of unbranched alkanes of at least 4 members (excludes halogenated alkanes) is 8. The molecule has 0 radical (unpaired) electrons. The number of hydrogen-bond donors (Lipinski definition) is 0. The van der Waals surface area contributed by atoms with Gasteiger partial charge in [-0.2, -0.15) is 0 Å². The summed E-state index contributed by atoms with van der Waals surface area (Å²) in [5, 5.41) is 0. The van der Waals surface area contributed by atoms with Crippen molar-refractivity contribution in [2.24, 2.45) is 5.92 Å². The molecule has 0 heteroatoms. The Labute approximate surface area is 128 Å². The summed E-state index contributed by atoms with van der Waals surface area (Å²) in [5.41, 5.74) is 1.61. The third-order valence-corrected chi connectivity index (χ3v) is 4.18. The van der Waals surface area contributed by atoms with E-state index >= 15 is 0 Å². The largest absolute Gasteiger partial charge is 0.103 e. The number of rotatable bonds is 14. The quantitative estimate of drug-likeness (QED) is 0.228. The normalized spacial score (nSPS) is 13.4. The first-order valence-electron chi connectivity index (χ1n) is 8.98. The molecule has 0 aromatic heterocycles. The highest BCUT2D eigenvalue weighted by Crippen LogP contribution is 2.14. The van der Waals surface area contributed by atoms with Gasteiger partial charge in [-0.25, -0.2) is 0 Å². The van der Waals surface area contributed by atoms with Gasteiger partial charge in [-0.05, 0) is 44.9 Å². The second-order valence-corrected chi connectivity index (χ2v) is 6.42. The molecule has 0 N–H and O–H groups in total. The van der Waals surface area contributed by atoms with Gasteiger partial charge >= 0.3 is 0 Å². The Kier molecular flexibility index (Phi) is 14.5. The standard InChI is InChI=1S/C20H38/c1-5-7-8-10-14-17-20(4)18-15-12-9-11-13-16-19(3)6-2/h6,18-19H,2,5,7-17H2,1,3-4H3. The molecule has 20 heavy (non-hydrogen) atoms. The van der Waals surface area contributed by atoms with Crippen molar-refractivity contribution < 1.29 is 0 Å². The van der Waals surface area contributed by atoms with E-state index in [0.29, 0.717) is 5.92 Å². The lowest BCUT2D eigenvalue weighted by Gasteiger charge is -2.05. The lowest BCUT2D eigenvalue weighted by atomic mass is 10.0. The maximum Gasteiger partial charge on any atom is -0.0265 e. The zero-order valence-electron chi connectivity index (χ0n) is 14.4. The van der Waals surface area contributed by atoms with Gasteiger partial charge < -0.3 is 0 Å². The van der Waals surface area contributed by atoms with Gasteiger partial charge in [0.25, 0.3) is 0 Å². The van der Waals surface area contributed by atoms with E-state index in [0.717, 1.165) is 0 Å². The van der Waals surface area contributed by atoms with E-state index in [1.54, 1.807) is 5.57 Å². The number of allylic oxidation sites excluding steroid dienone is 3. The second kappa shape index (κ2) is 14.9. The average Bonchev–Trinajstić information content (AvgIpc) is 2.45. The van der Waals surface area contributed by atoms with Gasteiger partial charge in [-0.1, -0.05) is 76.5 Å². The second-order valence-electron chi connectivity index (χ2n) is 6.42. The topological polar surface area (TPSA) is 0 Å². The molecule has 0 rings (SSSR count). The van der Waals surface area contributed by atoms with Crippen LogP contribution in [0.1, 0.15) is 97.8 Å². The molecule has 0 saturated carbocycles. The van der Waals surface area contributed by atoms with Crippen LogP contribution < -0.4 is 0 Å². The molecule has 0 heterocycles. The maximum atomic E-state index is 3.84. The summed E-state index contributed by atoms with van der Waals surface area (Å²) in [5.74, 6) is 0.699. The first-order valence-corrected chi connectivity index (χ1v) is 8.98. The Morgan fingerprint density at radius 1 is 0.950 bits per heavy atom. The minimum absolute atomic E-state index is 0.699. The summed E-state index contributed by atoms with van der Waals surface area (Å²) in [6.45, 7) is 10.7. The predicted octanol–water partition coefficient (Wildman–Crippen LogP) is 7.46. The third kappa shape index (κ3) is 13.9. The average molecular weight is 279 g/mol. The van der Waals surface area contributed by atoms with E-state index in [-0.39, 0.29) is 0 Å². The molecule has 0 spiro atoms. The molecule has 0 nitrogen and oxygen atoms in total. The molecular formula is C20H38. The minimum atomic E-state index is 0.699. The summed E-state index contributed by atoms with van der Waals surface area (Å²) in [6.07, 6.45) is 21.0. The fourth-order valence-electron chi connectivity index (χ4n) is 2.54. The van der Waals surface area contributed by atoms with Crippen LogP contribution in [0.2, 0.25) is 0 Å². The zero-order chi connectivity index (χ0) is 15.1.